The third-order valence-corrected chi connectivity index (χ3v) is 16.6. The predicted molar refractivity (Wildman–Crippen MR) is 353 cm³/mol. The lowest BCUT2D eigenvalue weighted by atomic mass is 10.0. The molecule has 0 aromatic carbocycles. The van der Waals surface area contributed by atoms with Crippen molar-refractivity contribution in [3.63, 3.8) is 0 Å². The molecular weight excluding hydrogens is 997 g/mol. The van der Waals surface area contributed by atoms with E-state index in [9.17, 15) is 14.4 Å². The zero-order valence-corrected chi connectivity index (χ0v) is 54.8. The molecular formula is C75H140O6. The summed E-state index contributed by atoms with van der Waals surface area (Å²) in [5.74, 6) is -0.854. The molecule has 0 heterocycles. The molecule has 0 aliphatic heterocycles. The van der Waals surface area contributed by atoms with Gasteiger partial charge < -0.3 is 14.2 Å². The number of carbonyl (C=O) groups is 3. The highest BCUT2D eigenvalue weighted by atomic mass is 16.6. The first kappa shape index (κ1) is 78.6. The Morgan fingerprint density at radius 2 is 0.444 bits per heavy atom. The second-order valence-electron chi connectivity index (χ2n) is 24.9. The molecule has 0 aliphatic carbocycles. The van der Waals surface area contributed by atoms with Gasteiger partial charge in [-0.15, -0.1) is 0 Å². The van der Waals surface area contributed by atoms with E-state index in [0.717, 1.165) is 77.0 Å². The molecule has 81 heavy (non-hydrogen) atoms. The van der Waals surface area contributed by atoms with Gasteiger partial charge in [0.05, 0.1) is 0 Å². The topological polar surface area (TPSA) is 78.9 Å². The summed E-state index contributed by atoms with van der Waals surface area (Å²) in [6, 6.07) is 0. The quantitative estimate of drug-likeness (QED) is 0.0261. The Balaban J connectivity index is 4.24. The van der Waals surface area contributed by atoms with Crippen molar-refractivity contribution in [3.8, 4) is 0 Å². The summed E-state index contributed by atoms with van der Waals surface area (Å²) in [6.07, 6.45) is 87.5. The van der Waals surface area contributed by atoms with Crippen LogP contribution in [-0.4, -0.2) is 37.2 Å². The first-order valence-electron chi connectivity index (χ1n) is 36.5. The Morgan fingerprint density at radius 3 is 0.716 bits per heavy atom. The minimum atomic E-state index is -0.776. The van der Waals surface area contributed by atoms with Crippen LogP contribution in [0.3, 0.4) is 0 Å². The van der Waals surface area contributed by atoms with Crippen LogP contribution in [0.4, 0.5) is 0 Å². The van der Waals surface area contributed by atoms with Crippen LogP contribution in [0.1, 0.15) is 406 Å². The summed E-state index contributed by atoms with van der Waals surface area (Å²) in [6.45, 7) is 6.68. The van der Waals surface area contributed by atoms with Crippen molar-refractivity contribution < 1.29 is 28.6 Å². The number of hydrogen-bond acceptors (Lipinski definition) is 6. The van der Waals surface area contributed by atoms with E-state index in [4.69, 9.17) is 14.2 Å². The molecule has 1 atom stereocenters. The molecule has 0 bridgehead atoms. The maximum Gasteiger partial charge on any atom is 0.306 e. The third-order valence-electron chi connectivity index (χ3n) is 16.6. The van der Waals surface area contributed by atoms with Crippen LogP contribution < -0.4 is 0 Å². The average molecular weight is 1140 g/mol. The van der Waals surface area contributed by atoms with Gasteiger partial charge in [0.15, 0.2) is 6.10 Å². The molecule has 0 amide bonds. The van der Waals surface area contributed by atoms with Gasteiger partial charge in [-0.3, -0.25) is 14.4 Å². The van der Waals surface area contributed by atoms with E-state index < -0.39 is 6.10 Å². The number of esters is 3. The average Bonchev–Trinajstić information content (AvgIpc) is 3.47. The Kier molecular flexibility index (Phi) is 68.1. The molecule has 0 fully saturated rings. The lowest BCUT2D eigenvalue weighted by Crippen LogP contribution is -2.30. The minimum Gasteiger partial charge on any atom is -0.462 e. The molecule has 0 radical (unpaired) electrons. The van der Waals surface area contributed by atoms with Gasteiger partial charge in [0.2, 0.25) is 0 Å². The Bertz CT molecular complexity index is 1350. The van der Waals surface area contributed by atoms with Gasteiger partial charge in [-0.25, -0.2) is 0 Å². The largest absolute Gasteiger partial charge is 0.462 e. The van der Waals surface area contributed by atoms with Crippen molar-refractivity contribution in [2.45, 2.75) is 412 Å². The van der Waals surface area contributed by atoms with E-state index in [0.29, 0.717) is 19.3 Å². The highest BCUT2D eigenvalue weighted by molar-refractivity contribution is 5.71. The van der Waals surface area contributed by atoms with Crippen LogP contribution >= 0.6 is 0 Å². The van der Waals surface area contributed by atoms with Crippen molar-refractivity contribution in [1.82, 2.24) is 0 Å². The first-order valence-corrected chi connectivity index (χ1v) is 36.5. The van der Waals surface area contributed by atoms with Crippen LogP contribution in [-0.2, 0) is 28.6 Å². The van der Waals surface area contributed by atoms with Gasteiger partial charge >= 0.3 is 17.9 Å². The molecule has 0 aromatic rings. The minimum absolute atomic E-state index is 0.0713. The fourth-order valence-corrected chi connectivity index (χ4v) is 11.1. The van der Waals surface area contributed by atoms with Crippen LogP contribution in [0.25, 0.3) is 0 Å². The number of rotatable bonds is 68. The molecule has 0 aliphatic rings. The monoisotopic (exact) mass is 1140 g/mol. The van der Waals surface area contributed by atoms with Crippen molar-refractivity contribution in [2.24, 2.45) is 0 Å². The van der Waals surface area contributed by atoms with Gasteiger partial charge in [0.1, 0.15) is 13.2 Å². The van der Waals surface area contributed by atoms with Gasteiger partial charge in [-0.2, -0.15) is 0 Å². The van der Waals surface area contributed by atoms with Crippen LogP contribution in [0.5, 0.6) is 0 Å². The Hall–Kier alpha value is -2.37. The highest BCUT2D eigenvalue weighted by Crippen LogP contribution is 2.19. The summed E-state index contributed by atoms with van der Waals surface area (Å²) >= 11 is 0. The van der Waals surface area contributed by atoms with Crippen LogP contribution in [0.15, 0.2) is 36.5 Å². The van der Waals surface area contributed by atoms with Gasteiger partial charge in [0.25, 0.3) is 0 Å². The molecule has 476 valence electrons. The second kappa shape index (κ2) is 70.1. The normalized spacial score (nSPS) is 12.2. The van der Waals surface area contributed by atoms with E-state index >= 15 is 0 Å². The van der Waals surface area contributed by atoms with Gasteiger partial charge in [-0.05, 0) is 77.0 Å². The lowest BCUT2D eigenvalue weighted by Gasteiger charge is -2.18. The molecule has 1 unspecified atom stereocenters. The zero-order chi connectivity index (χ0) is 58.5. The van der Waals surface area contributed by atoms with Crippen LogP contribution in [0, 0.1) is 0 Å². The summed E-state index contributed by atoms with van der Waals surface area (Å²) in [5, 5.41) is 0. The van der Waals surface area contributed by atoms with Crippen LogP contribution in [0.2, 0.25) is 0 Å². The van der Waals surface area contributed by atoms with E-state index in [2.05, 4.69) is 57.2 Å². The van der Waals surface area contributed by atoms with Crippen molar-refractivity contribution >= 4 is 17.9 Å². The molecule has 0 saturated heterocycles. The molecule has 0 rings (SSSR count). The molecule has 0 saturated carbocycles. The summed E-state index contributed by atoms with van der Waals surface area (Å²) in [7, 11) is 0. The number of carbonyl (C=O) groups excluding carboxylic acids is 3. The fraction of sp³-hybridized carbons (Fsp3) is 0.880. The van der Waals surface area contributed by atoms with E-state index in [1.165, 1.54) is 289 Å². The molecule has 0 spiro atoms. The van der Waals surface area contributed by atoms with E-state index in [1.807, 2.05) is 0 Å². The summed E-state index contributed by atoms with van der Waals surface area (Å²) < 4.78 is 17.0. The maximum absolute atomic E-state index is 13.0. The molecule has 0 aromatic heterocycles. The Morgan fingerprint density at radius 1 is 0.247 bits per heavy atom. The first-order chi connectivity index (χ1) is 40.0. The van der Waals surface area contributed by atoms with Crippen molar-refractivity contribution in [2.75, 3.05) is 13.2 Å². The molecule has 6 nitrogen and oxygen atoms in total. The van der Waals surface area contributed by atoms with Gasteiger partial charge in [0, 0.05) is 19.3 Å². The number of ether oxygens (including phenoxy) is 3. The number of allylic oxidation sites excluding steroid dienone is 6. The second-order valence-corrected chi connectivity index (χ2v) is 24.9. The van der Waals surface area contributed by atoms with E-state index in [1.54, 1.807) is 0 Å². The third kappa shape index (κ3) is 68.3. The molecule has 0 N–H and O–H groups in total. The van der Waals surface area contributed by atoms with Crippen molar-refractivity contribution in [1.29, 1.82) is 0 Å². The lowest BCUT2D eigenvalue weighted by molar-refractivity contribution is -0.167. The number of unbranched alkanes of at least 4 members (excludes halogenated alkanes) is 51. The SMILES string of the molecule is CCCCC/C=C\C/C=C\CCCCCCCC(=O)OCC(COC(=O)CCCCCCCCCCCCCCCCC/C=C\CCCCCCCCCC)OC(=O)CCCCCCCCCCCCCCCCCCCCCCC. The van der Waals surface area contributed by atoms with Crippen molar-refractivity contribution in [3.05, 3.63) is 36.5 Å². The maximum atomic E-state index is 13.0. The van der Waals surface area contributed by atoms with Gasteiger partial charge in [-0.1, -0.05) is 346 Å². The number of hydrogen-bond donors (Lipinski definition) is 0. The summed E-state index contributed by atoms with van der Waals surface area (Å²) in [4.78, 5) is 38.5. The molecule has 6 heteroatoms. The summed E-state index contributed by atoms with van der Waals surface area (Å²) in [5.41, 5.74) is 0. The Labute approximate surface area is 506 Å². The predicted octanol–water partition coefficient (Wildman–Crippen LogP) is 25.1. The smallest absolute Gasteiger partial charge is 0.306 e. The highest BCUT2D eigenvalue weighted by Gasteiger charge is 2.19. The fourth-order valence-electron chi connectivity index (χ4n) is 11.1. The van der Waals surface area contributed by atoms with E-state index in [-0.39, 0.29) is 31.1 Å². The zero-order valence-electron chi connectivity index (χ0n) is 54.8. The standard InChI is InChI=1S/C75H140O6/c1-4-7-10-13-16-19-22-25-28-30-32-34-35-36-37-38-39-41-42-44-47-50-53-56-59-62-65-68-74(77)80-71-72(70-79-73(76)67-64-61-58-55-52-49-46-27-24-21-18-15-12-9-6-3)81-75(78)69-66-63-60-57-54-51-48-45-43-40-33-31-29-26-23-20-17-14-11-8-5-2/h18,21,27,30,32,46,72H,4-17,19-20,22-26,28-29,31,33-45,47-71H2,1-3H3/b21-18-,32-30-,46-27-.